The molecule has 1 N–H and O–H groups in total. The number of piperazine rings is 1. The second-order valence-corrected chi connectivity index (χ2v) is 8.15. The van der Waals surface area contributed by atoms with Crippen LogP contribution in [0.25, 0.3) is 0 Å². The highest BCUT2D eigenvalue weighted by atomic mass is 35.5. The third-order valence-electron chi connectivity index (χ3n) is 5.51. The van der Waals surface area contributed by atoms with E-state index in [0.29, 0.717) is 6.04 Å². The lowest BCUT2D eigenvalue weighted by Crippen LogP contribution is -2.46. The SMILES string of the molecule is CC(C)(C)c1ccc([C@@H](C2CCCC2)N2CCNCC2)cc1.Cl.Cl. The van der Waals surface area contributed by atoms with Gasteiger partial charge in [-0.25, -0.2) is 0 Å². The number of halogens is 2. The van der Waals surface area contributed by atoms with Crippen LogP contribution in [0.15, 0.2) is 24.3 Å². The van der Waals surface area contributed by atoms with E-state index in [1.807, 2.05) is 0 Å². The van der Waals surface area contributed by atoms with Gasteiger partial charge in [-0.2, -0.15) is 0 Å². The maximum Gasteiger partial charge on any atom is 0.0377 e. The lowest BCUT2D eigenvalue weighted by molar-refractivity contribution is 0.125. The van der Waals surface area contributed by atoms with Crippen molar-refractivity contribution in [2.75, 3.05) is 26.2 Å². The summed E-state index contributed by atoms with van der Waals surface area (Å²) in [6, 6.07) is 10.2. The fourth-order valence-electron chi connectivity index (χ4n) is 4.19. The van der Waals surface area contributed by atoms with Crippen LogP contribution in [-0.2, 0) is 5.41 Å². The zero-order valence-electron chi connectivity index (χ0n) is 15.4. The van der Waals surface area contributed by atoms with Gasteiger partial charge in [0.15, 0.2) is 0 Å². The van der Waals surface area contributed by atoms with Crippen LogP contribution in [0.4, 0.5) is 0 Å². The number of hydrogen-bond donors (Lipinski definition) is 1. The van der Waals surface area contributed by atoms with E-state index < -0.39 is 0 Å². The van der Waals surface area contributed by atoms with Crippen LogP contribution in [0, 0.1) is 5.92 Å². The maximum absolute atomic E-state index is 3.50. The van der Waals surface area contributed by atoms with Crippen molar-refractivity contribution in [3.63, 3.8) is 0 Å². The minimum Gasteiger partial charge on any atom is -0.314 e. The summed E-state index contributed by atoms with van der Waals surface area (Å²) >= 11 is 0. The monoisotopic (exact) mass is 372 g/mol. The molecule has 0 bridgehead atoms. The van der Waals surface area contributed by atoms with Gasteiger partial charge in [-0.15, -0.1) is 24.8 Å². The average molecular weight is 373 g/mol. The molecular weight excluding hydrogens is 339 g/mol. The van der Waals surface area contributed by atoms with Gasteiger partial charge in [0.25, 0.3) is 0 Å². The van der Waals surface area contributed by atoms with Crippen molar-refractivity contribution >= 4 is 24.8 Å². The van der Waals surface area contributed by atoms with Gasteiger partial charge >= 0.3 is 0 Å². The lowest BCUT2D eigenvalue weighted by Gasteiger charge is -2.39. The van der Waals surface area contributed by atoms with Crippen LogP contribution in [0.1, 0.15) is 63.6 Å². The molecule has 2 nitrogen and oxygen atoms in total. The summed E-state index contributed by atoms with van der Waals surface area (Å²) in [7, 11) is 0. The van der Waals surface area contributed by atoms with E-state index in [-0.39, 0.29) is 30.2 Å². The predicted molar refractivity (Wildman–Crippen MR) is 109 cm³/mol. The highest BCUT2D eigenvalue weighted by Gasteiger charge is 2.31. The van der Waals surface area contributed by atoms with Crippen molar-refractivity contribution in [1.29, 1.82) is 0 Å². The van der Waals surface area contributed by atoms with Gasteiger partial charge in [-0.3, -0.25) is 4.90 Å². The van der Waals surface area contributed by atoms with E-state index in [1.54, 1.807) is 5.56 Å². The van der Waals surface area contributed by atoms with Crippen molar-refractivity contribution in [1.82, 2.24) is 10.2 Å². The number of nitrogens with zero attached hydrogens (tertiary/aromatic N) is 1. The van der Waals surface area contributed by atoms with Crippen molar-refractivity contribution in [3.05, 3.63) is 35.4 Å². The highest BCUT2D eigenvalue weighted by Crippen LogP contribution is 2.40. The Bertz CT molecular complexity index is 469. The third-order valence-corrected chi connectivity index (χ3v) is 5.51. The molecule has 0 aromatic heterocycles. The molecule has 1 aliphatic carbocycles. The smallest absolute Gasteiger partial charge is 0.0377 e. The Morgan fingerprint density at radius 3 is 2.00 bits per heavy atom. The van der Waals surface area contributed by atoms with Crippen molar-refractivity contribution in [2.24, 2.45) is 5.92 Å². The molecule has 2 aliphatic rings. The van der Waals surface area contributed by atoms with Crippen LogP contribution in [-0.4, -0.2) is 31.1 Å². The largest absolute Gasteiger partial charge is 0.314 e. The number of nitrogens with one attached hydrogen (secondary N) is 1. The molecule has 138 valence electrons. The first kappa shape index (κ1) is 21.8. The first-order valence-electron chi connectivity index (χ1n) is 9.11. The van der Waals surface area contributed by atoms with Crippen molar-refractivity contribution in [3.8, 4) is 0 Å². The summed E-state index contributed by atoms with van der Waals surface area (Å²) in [5.41, 5.74) is 3.24. The minimum absolute atomic E-state index is 0. The molecule has 1 aliphatic heterocycles. The minimum atomic E-state index is 0. The molecule has 4 heteroatoms. The Kier molecular flexibility index (Phi) is 8.55. The zero-order valence-corrected chi connectivity index (χ0v) is 17.0. The van der Waals surface area contributed by atoms with Crippen LogP contribution in [0.5, 0.6) is 0 Å². The Morgan fingerprint density at radius 2 is 1.50 bits per heavy atom. The summed E-state index contributed by atoms with van der Waals surface area (Å²) in [4.78, 5) is 2.73. The fourth-order valence-corrected chi connectivity index (χ4v) is 4.19. The summed E-state index contributed by atoms with van der Waals surface area (Å²) in [6.45, 7) is 11.6. The zero-order chi connectivity index (χ0) is 15.6. The molecule has 0 radical (unpaired) electrons. The van der Waals surface area contributed by atoms with Gasteiger partial charge in [0.1, 0.15) is 0 Å². The summed E-state index contributed by atoms with van der Waals surface area (Å²) < 4.78 is 0. The molecule has 1 aromatic carbocycles. The van der Waals surface area contributed by atoms with E-state index in [0.717, 1.165) is 19.0 Å². The molecule has 1 saturated carbocycles. The number of benzene rings is 1. The van der Waals surface area contributed by atoms with Gasteiger partial charge in [0, 0.05) is 32.2 Å². The van der Waals surface area contributed by atoms with E-state index in [1.165, 1.54) is 44.3 Å². The van der Waals surface area contributed by atoms with E-state index in [4.69, 9.17) is 0 Å². The van der Waals surface area contributed by atoms with Gasteiger partial charge in [0.2, 0.25) is 0 Å². The molecular formula is C20H34Cl2N2. The molecule has 3 rings (SSSR count). The Labute approximate surface area is 160 Å². The maximum atomic E-state index is 3.50. The first-order valence-corrected chi connectivity index (χ1v) is 9.11. The average Bonchev–Trinajstić information content (AvgIpc) is 3.02. The van der Waals surface area contributed by atoms with Gasteiger partial charge < -0.3 is 5.32 Å². The molecule has 0 amide bonds. The standard InChI is InChI=1S/C20H32N2.2ClH/c1-20(2,3)18-10-8-17(9-11-18)19(16-6-4-5-7-16)22-14-12-21-13-15-22;;/h8-11,16,19,21H,4-7,12-15H2,1-3H3;2*1H/t19-;;/m1../s1. The molecule has 2 fully saturated rings. The Hall–Kier alpha value is -0.280. The van der Waals surface area contributed by atoms with Crippen LogP contribution < -0.4 is 5.32 Å². The van der Waals surface area contributed by atoms with Gasteiger partial charge in [0.05, 0.1) is 0 Å². The Morgan fingerprint density at radius 1 is 0.958 bits per heavy atom. The molecule has 1 heterocycles. The van der Waals surface area contributed by atoms with Gasteiger partial charge in [-0.1, -0.05) is 57.9 Å². The fraction of sp³-hybridized carbons (Fsp3) is 0.700. The van der Waals surface area contributed by atoms with Crippen LogP contribution in [0.3, 0.4) is 0 Å². The first-order chi connectivity index (χ1) is 10.6. The molecule has 1 saturated heterocycles. The molecule has 24 heavy (non-hydrogen) atoms. The number of rotatable bonds is 3. The van der Waals surface area contributed by atoms with Crippen LogP contribution >= 0.6 is 24.8 Å². The van der Waals surface area contributed by atoms with Gasteiger partial charge in [-0.05, 0) is 35.3 Å². The normalized spacial score (nSPS) is 21.0. The van der Waals surface area contributed by atoms with Crippen molar-refractivity contribution in [2.45, 2.75) is 57.9 Å². The second kappa shape index (κ2) is 9.43. The number of hydrogen-bond acceptors (Lipinski definition) is 2. The molecule has 0 unspecified atom stereocenters. The summed E-state index contributed by atoms with van der Waals surface area (Å²) in [5, 5.41) is 3.50. The van der Waals surface area contributed by atoms with E-state index in [2.05, 4.69) is 55.3 Å². The lowest BCUT2D eigenvalue weighted by atomic mass is 9.84. The summed E-state index contributed by atoms with van der Waals surface area (Å²) in [6.07, 6.45) is 5.67. The van der Waals surface area contributed by atoms with Crippen LogP contribution in [0.2, 0.25) is 0 Å². The molecule has 1 aromatic rings. The quantitative estimate of drug-likeness (QED) is 0.805. The predicted octanol–water partition coefficient (Wildman–Crippen LogP) is 4.96. The van der Waals surface area contributed by atoms with E-state index in [9.17, 15) is 0 Å². The van der Waals surface area contributed by atoms with E-state index >= 15 is 0 Å². The third kappa shape index (κ3) is 5.11. The summed E-state index contributed by atoms with van der Waals surface area (Å²) in [5.74, 6) is 0.860. The van der Waals surface area contributed by atoms with Crippen molar-refractivity contribution < 1.29 is 0 Å². The topological polar surface area (TPSA) is 15.3 Å². The highest BCUT2D eigenvalue weighted by molar-refractivity contribution is 5.85. The second-order valence-electron chi connectivity index (χ2n) is 8.15. The molecule has 1 atom stereocenters. The Balaban J connectivity index is 0.00000144. The molecule has 0 spiro atoms.